The van der Waals surface area contributed by atoms with Gasteiger partial charge in [-0.2, -0.15) is 0 Å². The third kappa shape index (κ3) is 6.85. The first-order chi connectivity index (χ1) is 17.6. The molecule has 0 bridgehead atoms. The van der Waals surface area contributed by atoms with Crippen molar-refractivity contribution in [1.29, 1.82) is 0 Å². The molecule has 37 heavy (non-hydrogen) atoms. The zero-order valence-corrected chi connectivity index (χ0v) is 23.1. The van der Waals surface area contributed by atoms with Crippen LogP contribution in [0.2, 0.25) is 10.0 Å². The molecule has 2 aromatic carbocycles. The van der Waals surface area contributed by atoms with Gasteiger partial charge in [0, 0.05) is 39.7 Å². The van der Waals surface area contributed by atoms with Crippen molar-refractivity contribution in [3.63, 3.8) is 0 Å². The topological polar surface area (TPSA) is 90.5 Å². The third-order valence-electron chi connectivity index (χ3n) is 7.55. The Morgan fingerprint density at radius 1 is 1.05 bits per heavy atom. The van der Waals surface area contributed by atoms with E-state index < -0.39 is 6.04 Å². The fourth-order valence-corrected chi connectivity index (χ4v) is 6.39. The van der Waals surface area contributed by atoms with Gasteiger partial charge in [0.15, 0.2) is 0 Å². The van der Waals surface area contributed by atoms with Gasteiger partial charge in [-0.05, 0) is 72.9 Å². The van der Waals surface area contributed by atoms with Gasteiger partial charge < -0.3 is 21.1 Å². The summed E-state index contributed by atoms with van der Waals surface area (Å²) in [6, 6.07) is 12.7. The standard InChI is InChI=1S/C29H37Cl2N3O3/c1-29(2,3)15-24-26(22-12-7-19(31)14-23(22)32-16-35)25(17-5-4-6-18(30)13-17)27(34-24)28(37)33-20-8-10-21(36)11-9-20/h4-7,12-14,16,20-21,24-27,34,36H,8-11,15H2,1-3H3,(H,32,35)(H,33,37)/t20?,21?,24-,25-,26-,27-/m1/s1. The summed E-state index contributed by atoms with van der Waals surface area (Å²) in [4.78, 5) is 25.4. The molecule has 1 heterocycles. The average Bonchev–Trinajstić information content (AvgIpc) is 3.18. The number of aliphatic hydroxyl groups is 1. The first kappa shape index (κ1) is 27.9. The number of rotatable bonds is 7. The summed E-state index contributed by atoms with van der Waals surface area (Å²) in [6.07, 6.45) is 4.11. The summed E-state index contributed by atoms with van der Waals surface area (Å²) < 4.78 is 0. The summed E-state index contributed by atoms with van der Waals surface area (Å²) in [6.45, 7) is 6.56. The van der Waals surface area contributed by atoms with Crippen LogP contribution < -0.4 is 16.0 Å². The molecule has 4 N–H and O–H groups in total. The SMILES string of the molecule is CC(C)(C)C[C@H]1N[C@@H](C(=O)NC2CCC(O)CC2)[C@H](c2cccc(Cl)c2)[C@@H]1c1ccc(Cl)cc1NC=O. The lowest BCUT2D eigenvalue weighted by molar-refractivity contribution is -0.124. The van der Waals surface area contributed by atoms with Crippen LogP contribution in [0.3, 0.4) is 0 Å². The number of halogens is 2. The smallest absolute Gasteiger partial charge is 0.238 e. The highest BCUT2D eigenvalue weighted by atomic mass is 35.5. The number of anilines is 1. The number of carbonyl (C=O) groups excluding carboxylic acids is 2. The zero-order chi connectivity index (χ0) is 26.7. The van der Waals surface area contributed by atoms with Gasteiger partial charge >= 0.3 is 0 Å². The van der Waals surface area contributed by atoms with E-state index in [0.717, 1.165) is 30.4 Å². The summed E-state index contributed by atoms with van der Waals surface area (Å²) >= 11 is 12.7. The second kappa shape index (κ2) is 11.7. The van der Waals surface area contributed by atoms with E-state index in [4.69, 9.17) is 23.2 Å². The van der Waals surface area contributed by atoms with Gasteiger partial charge in [-0.1, -0.05) is 62.2 Å². The molecule has 2 aliphatic rings. The summed E-state index contributed by atoms with van der Waals surface area (Å²) in [5, 5.41) is 20.8. The Morgan fingerprint density at radius 2 is 1.76 bits per heavy atom. The number of aliphatic hydroxyl groups excluding tert-OH is 1. The van der Waals surface area contributed by atoms with Crippen LogP contribution in [-0.4, -0.2) is 41.7 Å². The Bertz CT molecular complexity index is 1110. The van der Waals surface area contributed by atoms with E-state index in [9.17, 15) is 14.7 Å². The highest BCUT2D eigenvalue weighted by molar-refractivity contribution is 6.31. The summed E-state index contributed by atoms with van der Waals surface area (Å²) in [5.41, 5.74) is 2.53. The molecule has 0 unspecified atom stereocenters. The van der Waals surface area contributed by atoms with Crippen molar-refractivity contribution >= 4 is 41.2 Å². The van der Waals surface area contributed by atoms with E-state index in [1.165, 1.54) is 0 Å². The quantitative estimate of drug-likeness (QED) is 0.339. The van der Waals surface area contributed by atoms with Crippen molar-refractivity contribution in [1.82, 2.24) is 10.6 Å². The van der Waals surface area contributed by atoms with Crippen LogP contribution in [0.5, 0.6) is 0 Å². The normalized spacial score (nSPS) is 28.1. The molecule has 1 aliphatic carbocycles. The Labute approximate surface area is 229 Å². The molecule has 2 aromatic rings. The lowest BCUT2D eigenvalue weighted by atomic mass is 9.73. The molecule has 1 aliphatic heterocycles. The first-order valence-electron chi connectivity index (χ1n) is 13.1. The van der Waals surface area contributed by atoms with Crippen molar-refractivity contribution in [3.8, 4) is 0 Å². The highest BCUT2D eigenvalue weighted by Crippen LogP contribution is 2.49. The molecule has 0 spiro atoms. The predicted octanol–water partition coefficient (Wildman–Crippen LogP) is 5.63. The fourth-order valence-electron chi connectivity index (χ4n) is 6.02. The van der Waals surface area contributed by atoms with E-state index in [-0.39, 0.29) is 41.3 Å². The lowest BCUT2D eigenvalue weighted by Crippen LogP contribution is -2.49. The van der Waals surface area contributed by atoms with Crippen molar-refractivity contribution in [3.05, 3.63) is 63.6 Å². The average molecular weight is 547 g/mol. The maximum atomic E-state index is 13.9. The Hall–Kier alpha value is -2.12. The monoisotopic (exact) mass is 545 g/mol. The van der Waals surface area contributed by atoms with E-state index in [1.54, 1.807) is 6.07 Å². The Balaban J connectivity index is 1.78. The van der Waals surface area contributed by atoms with E-state index in [2.05, 4.69) is 36.7 Å². The van der Waals surface area contributed by atoms with Gasteiger partial charge in [-0.25, -0.2) is 0 Å². The number of carbonyl (C=O) groups is 2. The summed E-state index contributed by atoms with van der Waals surface area (Å²) in [7, 11) is 0. The number of nitrogens with one attached hydrogen (secondary N) is 3. The van der Waals surface area contributed by atoms with Gasteiger partial charge in [-0.15, -0.1) is 0 Å². The number of benzene rings is 2. The molecule has 4 rings (SSSR count). The molecule has 6 nitrogen and oxygen atoms in total. The van der Waals surface area contributed by atoms with Crippen LogP contribution >= 0.6 is 23.2 Å². The second-order valence-corrected chi connectivity index (χ2v) is 12.5. The third-order valence-corrected chi connectivity index (χ3v) is 8.02. The maximum Gasteiger partial charge on any atom is 0.238 e. The molecule has 4 atom stereocenters. The fraction of sp³-hybridized carbons (Fsp3) is 0.517. The second-order valence-electron chi connectivity index (χ2n) is 11.6. The molecule has 0 radical (unpaired) electrons. The lowest BCUT2D eigenvalue weighted by Gasteiger charge is -2.31. The minimum atomic E-state index is -0.498. The zero-order valence-electron chi connectivity index (χ0n) is 21.6. The molecule has 2 amide bonds. The Kier molecular flexibility index (Phi) is 8.85. The molecule has 1 saturated heterocycles. The molecular formula is C29H37Cl2N3O3. The van der Waals surface area contributed by atoms with Gasteiger partial charge in [0.2, 0.25) is 12.3 Å². The van der Waals surface area contributed by atoms with Crippen molar-refractivity contribution in [2.45, 2.75) is 88.9 Å². The predicted molar refractivity (Wildman–Crippen MR) is 149 cm³/mol. The van der Waals surface area contributed by atoms with E-state index in [0.29, 0.717) is 35.0 Å². The van der Waals surface area contributed by atoms with Crippen molar-refractivity contribution in [2.24, 2.45) is 5.41 Å². The Morgan fingerprint density at radius 3 is 2.41 bits per heavy atom. The van der Waals surface area contributed by atoms with Crippen LogP contribution in [0.25, 0.3) is 0 Å². The number of hydrogen-bond acceptors (Lipinski definition) is 4. The van der Waals surface area contributed by atoms with E-state index >= 15 is 0 Å². The minimum Gasteiger partial charge on any atom is -0.393 e. The van der Waals surface area contributed by atoms with Gasteiger partial charge in [0.1, 0.15) is 0 Å². The van der Waals surface area contributed by atoms with Crippen LogP contribution in [0.15, 0.2) is 42.5 Å². The molecule has 2 fully saturated rings. The van der Waals surface area contributed by atoms with Crippen molar-refractivity contribution < 1.29 is 14.7 Å². The molecule has 1 saturated carbocycles. The van der Waals surface area contributed by atoms with E-state index in [1.807, 2.05) is 36.4 Å². The van der Waals surface area contributed by atoms with Crippen LogP contribution in [0, 0.1) is 5.41 Å². The van der Waals surface area contributed by atoms with Gasteiger partial charge in [0.25, 0.3) is 0 Å². The highest BCUT2D eigenvalue weighted by Gasteiger charge is 2.49. The number of hydrogen-bond donors (Lipinski definition) is 4. The van der Waals surface area contributed by atoms with Gasteiger partial charge in [0.05, 0.1) is 12.1 Å². The molecule has 8 heteroatoms. The molecule has 0 aromatic heterocycles. The minimum absolute atomic E-state index is 0.00957. The number of amides is 2. The summed E-state index contributed by atoms with van der Waals surface area (Å²) in [5.74, 6) is -0.401. The van der Waals surface area contributed by atoms with Crippen LogP contribution in [0.1, 0.15) is 75.8 Å². The molecular weight excluding hydrogens is 509 g/mol. The van der Waals surface area contributed by atoms with Crippen LogP contribution in [-0.2, 0) is 9.59 Å². The van der Waals surface area contributed by atoms with Crippen LogP contribution in [0.4, 0.5) is 5.69 Å². The largest absolute Gasteiger partial charge is 0.393 e. The van der Waals surface area contributed by atoms with Gasteiger partial charge in [-0.3, -0.25) is 9.59 Å². The maximum absolute atomic E-state index is 13.9. The van der Waals surface area contributed by atoms with Crippen molar-refractivity contribution in [2.75, 3.05) is 5.32 Å². The first-order valence-corrected chi connectivity index (χ1v) is 13.8. The molecule has 200 valence electrons.